The van der Waals surface area contributed by atoms with Crippen molar-refractivity contribution in [3.8, 4) is 11.8 Å². The van der Waals surface area contributed by atoms with Gasteiger partial charge in [0, 0.05) is 19.7 Å². The Hall–Kier alpha value is -1.27. The Kier molecular flexibility index (Phi) is 2.89. The lowest BCUT2D eigenvalue weighted by atomic mass is 10.2. The van der Waals surface area contributed by atoms with E-state index in [0.717, 1.165) is 0 Å². The van der Waals surface area contributed by atoms with Crippen LogP contribution in [0.5, 0.6) is 0 Å². The molecule has 1 N–H and O–H groups in total. The molecule has 1 heterocycles. The molecule has 0 aliphatic carbocycles. The van der Waals surface area contributed by atoms with E-state index in [0.29, 0.717) is 12.1 Å². The summed E-state index contributed by atoms with van der Waals surface area (Å²) in [5.41, 5.74) is 0.681. The van der Waals surface area contributed by atoms with Gasteiger partial charge in [-0.2, -0.15) is 0 Å². The standard InChI is InChI=1S/C9H12N2O/c1-3-4-5-9(12)8-6-11(2)7-10-8/h6-7,9,12H,5H2,1-2H3. The maximum Gasteiger partial charge on any atom is 0.108 e. The van der Waals surface area contributed by atoms with E-state index in [1.165, 1.54) is 0 Å². The Bertz CT molecular complexity index is 306. The smallest absolute Gasteiger partial charge is 0.108 e. The number of imidazole rings is 1. The number of hydrogen-bond donors (Lipinski definition) is 1. The molecule has 12 heavy (non-hydrogen) atoms. The minimum Gasteiger partial charge on any atom is -0.386 e. The van der Waals surface area contributed by atoms with Crippen molar-refractivity contribution in [1.82, 2.24) is 9.55 Å². The van der Waals surface area contributed by atoms with Crippen molar-refractivity contribution >= 4 is 0 Å². The summed E-state index contributed by atoms with van der Waals surface area (Å²) in [4.78, 5) is 4.01. The highest BCUT2D eigenvalue weighted by molar-refractivity contribution is 5.06. The molecule has 0 bridgehead atoms. The van der Waals surface area contributed by atoms with Gasteiger partial charge in [0.05, 0.1) is 12.0 Å². The molecule has 0 radical (unpaired) electrons. The average Bonchev–Trinajstić information content (AvgIpc) is 2.47. The van der Waals surface area contributed by atoms with Crippen molar-refractivity contribution in [2.75, 3.05) is 0 Å². The molecule has 0 spiro atoms. The molecule has 0 fully saturated rings. The third-order valence-electron chi connectivity index (χ3n) is 1.54. The van der Waals surface area contributed by atoms with Crippen molar-refractivity contribution in [2.24, 2.45) is 7.05 Å². The summed E-state index contributed by atoms with van der Waals surface area (Å²) in [6.45, 7) is 1.76. The Labute approximate surface area is 72.1 Å². The number of aliphatic hydroxyl groups is 1. The van der Waals surface area contributed by atoms with E-state index in [2.05, 4.69) is 16.8 Å². The van der Waals surface area contributed by atoms with Crippen LogP contribution in [0.25, 0.3) is 0 Å². The molecule has 0 amide bonds. The minimum absolute atomic E-state index is 0.452. The van der Waals surface area contributed by atoms with E-state index < -0.39 is 6.10 Å². The Balaban J connectivity index is 2.62. The molecule has 0 aliphatic rings. The first-order valence-corrected chi connectivity index (χ1v) is 3.79. The predicted octanol–water partition coefficient (Wildman–Crippen LogP) is 0.867. The predicted molar refractivity (Wildman–Crippen MR) is 46.2 cm³/mol. The van der Waals surface area contributed by atoms with E-state index in [-0.39, 0.29) is 0 Å². The highest BCUT2D eigenvalue weighted by Crippen LogP contribution is 2.12. The van der Waals surface area contributed by atoms with Gasteiger partial charge in [0.25, 0.3) is 0 Å². The van der Waals surface area contributed by atoms with Crippen LogP contribution in [0.15, 0.2) is 12.5 Å². The zero-order valence-corrected chi connectivity index (χ0v) is 7.28. The van der Waals surface area contributed by atoms with Crippen LogP contribution in [-0.4, -0.2) is 14.7 Å². The first-order valence-electron chi connectivity index (χ1n) is 3.79. The third kappa shape index (κ3) is 2.11. The lowest BCUT2D eigenvalue weighted by Gasteiger charge is -2.00. The number of aliphatic hydroxyl groups excluding tert-OH is 1. The van der Waals surface area contributed by atoms with Gasteiger partial charge in [-0.15, -0.1) is 11.8 Å². The summed E-state index contributed by atoms with van der Waals surface area (Å²) < 4.78 is 1.80. The number of nitrogens with zero attached hydrogens (tertiary/aromatic N) is 2. The monoisotopic (exact) mass is 164 g/mol. The van der Waals surface area contributed by atoms with Crippen molar-refractivity contribution in [1.29, 1.82) is 0 Å². The van der Waals surface area contributed by atoms with Crippen molar-refractivity contribution < 1.29 is 5.11 Å². The molecule has 1 aromatic rings. The van der Waals surface area contributed by atoms with Gasteiger partial charge < -0.3 is 9.67 Å². The van der Waals surface area contributed by atoms with Gasteiger partial charge in [-0.3, -0.25) is 0 Å². The largest absolute Gasteiger partial charge is 0.386 e. The molecule has 64 valence electrons. The van der Waals surface area contributed by atoms with E-state index in [1.54, 1.807) is 24.0 Å². The van der Waals surface area contributed by atoms with E-state index in [1.807, 2.05) is 7.05 Å². The highest BCUT2D eigenvalue weighted by Gasteiger charge is 2.07. The van der Waals surface area contributed by atoms with Crippen LogP contribution in [-0.2, 0) is 7.05 Å². The van der Waals surface area contributed by atoms with E-state index >= 15 is 0 Å². The van der Waals surface area contributed by atoms with Crippen molar-refractivity contribution in [3.63, 3.8) is 0 Å². The van der Waals surface area contributed by atoms with Gasteiger partial charge in [0.15, 0.2) is 0 Å². The van der Waals surface area contributed by atoms with Crippen LogP contribution in [0.3, 0.4) is 0 Å². The normalized spacial score (nSPS) is 11.9. The maximum atomic E-state index is 9.49. The SMILES string of the molecule is CC#CCC(O)c1cn(C)cn1. The molecule has 0 saturated carbocycles. The summed E-state index contributed by atoms with van der Waals surface area (Å²) in [5, 5.41) is 9.49. The molecule has 1 unspecified atom stereocenters. The summed E-state index contributed by atoms with van der Waals surface area (Å²) in [6, 6.07) is 0. The van der Waals surface area contributed by atoms with E-state index in [9.17, 15) is 5.11 Å². The molecule has 1 aromatic heterocycles. The number of hydrogen-bond acceptors (Lipinski definition) is 2. The summed E-state index contributed by atoms with van der Waals surface area (Å²) in [6.07, 6.45) is 3.35. The first-order chi connectivity index (χ1) is 5.74. The minimum atomic E-state index is -0.557. The van der Waals surface area contributed by atoms with Gasteiger partial charge in [-0.05, 0) is 6.92 Å². The second kappa shape index (κ2) is 3.93. The quantitative estimate of drug-likeness (QED) is 0.658. The van der Waals surface area contributed by atoms with Crippen LogP contribution in [0.1, 0.15) is 25.1 Å². The second-order valence-electron chi connectivity index (χ2n) is 2.61. The maximum absolute atomic E-state index is 9.49. The lowest BCUT2D eigenvalue weighted by molar-refractivity contribution is 0.179. The summed E-state index contributed by atoms with van der Waals surface area (Å²) in [7, 11) is 1.87. The van der Waals surface area contributed by atoms with Crippen LogP contribution < -0.4 is 0 Å². The Morgan fingerprint density at radius 2 is 2.50 bits per heavy atom. The van der Waals surface area contributed by atoms with Gasteiger partial charge in [0.2, 0.25) is 0 Å². The van der Waals surface area contributed by atoms with Crippen LogP contribution in [0.2, 0.25) is 0 Å². The highest BCUT2D eigenvalue weighted by atomic mass is 16.3. The molecule has 1 atom stereocenters. The van der Waals surface area contributed by atoms with E-state index in [4.69, 9.17) is 0 Å². The molecule has 0 saturated heterocycles. The zero-order chi connectivity index (χ0) is 8.97. The molecular formula is C9H12N2O. The van der Waals surface area contributed by atoms with Gasteiger partial charge in [-0.1, -0.05) is 0 Å². The number of aromatic nitrogens is 2. The zero-order valence-electron chi connectivity index (χ0n) is 7.28. The Morgan fingerprint density at radius 1 is 1.75 bits per heavy atom. The topological polar surface area (TPSA) is 38.0 Å². The third-order valence-corrected chi connectivity index (χ3v) is 1.54. The summed E-state index contributed by atoms with van der Waals surface area (Å²) >= 11 is 0. The fourth-order valence-corrected chi connectivity index (χ4v) is 0.908. The van der Waals surface area contributed by atoms with Gasteiger partial charge >= 0.3 is 0 Å². The van der Waals surface area contributed by atoms with Crippen molar-refractivity contribution in [3.05, 3.63) is 18.2 Å². The van der Waals surface area contributed by atoms with Gasteiger partial charge in [0.1, 0.15) is 6.10 Å². The van der Waals surface area contributed by atoms with Crippen LogP contribution >= 0.6 is 0 Å². The molecule has 0 aliphatic heterocycles. The molecule has 0 aromatic carbocycles. The molecule has 1 rings (SSSR count). The lowest BCUT2D eigenvalue weighted by Crippen LogP contribution is -1.95. The van der Waals surface area contributed by atoms with Crippen LogP contribution in [0.4, 0.5) is 0 Å². The fraction of sp³-hybridized carbons (Fsp3) is 0.444. The molecule has 3 heteroatoms. The first kappa shape index (κ1) is 8.82. The van der Waals surface area contributed by atoms with Crippen LogP contribution in [0, 0.1) is 11.8 Å². The van der Waals surface area contributed by atoms with Crippen molar-refractivity contribution in [2.45, 2.75) is 19.4 Å². The number of aryl methyl sites for hydroxylation is 1. The summed E-state index contributed by atoms with van der Waals surface area (Å²) in [5.74, 6) is 5.54. The second-order valence-corrected chi connectivity index (χ2v) is 2.61. The molecular weight excluding hydrogens is 152 g/mol. The fourth-order valence-electron chi connectivity index (χ4n) is 0.908. The average molecular weight is 164 g/mol. The molecule has 3 nitrogen and oxygen atoms in total. The number of rotatable bonds is 2. The Morgan fingerprint density at radius 3 is 3.00 bits per heavy atom. The van der Waals surface area contributed by atoms with Gasteiger partial charge in [-0.25, -0.2) is 4.98 Å².